The first-order chi connectivity index (χ1) is 5.52. The molecule has 0 saturated heterocycles. The molecular weight excluding hydrogens is 214 g/mol. The molecule has 6 heteroatoms. The zero-order valence-corrected chi connectivity index (χ0v) is 7.00. The average molecular weight is 216 g/mol. The summed E-state index contributed by atoms with van der Waals surface area (Å²) in [6.45, 7) is 0. The van der Waals surface area contributed by atoms with Crippen molar-refractivity contribution in [1.29, 1.82) is 0 Å². The van der Waals surface area contributed by atoms with Crippen molar-refractivity contribution in [3.8, 4) is 0 Å². The van der Waals surface area contributed by atoms with E-state index >= 15 is 0 Å². The van der Waals surface area contributed by atoms with Crippen LogP contribution in [-0.2, 0) is 0 Å². The maximum Gasteiger partial charge on any atom is 0.268 e. The summed E-state index contributed by atoms with van der Waals surface area (Å²) in [6, 6.07) is 0.689. The zero-order valence-electron chi connectivity index (χ0n) is 5.49. The first-order valence-corrected chi connectivity index (χ1v) is 3.57. The van der Waals surface area contributed by atoms with Gasteiger partial charge in [-0.15, -0.1) is 0 Å². The summed E-state index contributed by atoms with van der Waals surface area (Å²) in [5, 5.41) is -1.02. The van der Waals surface area contributed by atoms with Crippen molar-refractivity contribution < 1.29 is 13.2 Å². The third kappa shape index (κ3) is 1.81. The molecule has 1 aromatic heterocycles. The minimum absolute atomic E-state index is 0.414. The van der Waals surface area contributed by atoms with Crippen molar-refractivity contribution in [3.05, 3.63) is 27.8 Å². The van der Waals surface area contributed by atoms with E-state index in [4.69, 9.17) is 23.2 Å². The molecule has 0 unspecified atom stereocenters. The van der Waals surface area contributed by atoms with E-state index in [-0.39, 0.29) is 0 Å². The number of pyridine rings is 1. The number of rotatable bonds is 1. The zero-order chi connectivity index (χ0) is 9.30. The molecule has 1 aromatic rings. The van der Waals surface area contributed by atoms with Gasteiger partial charge in [-0.1, -0.05) is 23.2 Å². The molecule has 0 aliphatic rings. The van der Waals surface area contributed by atoms with Gasteiger partial charge >= 0.3 is 0 Å². The molecule has 66 valence electrons. The third-order valence-corrected chi connectivity index (χ3v) is 1.75. The second-order valence-corrected chi connectivity index (χ2v) is 2.70. The second-order valence-electron chi connectivity index (χ2n) is 1.93. The fourth-order valence-corrected chi connectivity index (χ4v) is 1.24. The van der Waals surface area contributed by atoms with Gasteiger partial charge in [0.25, 0.3) is 6.43 Å². The maximum absolute atomic E-state index is 12.3. The van der Waals surface area contributed by atoms with Gasteiger partial charge in [-0.05, 0) is 0 Å². The van der Waals surface area contributed by atoms with Crippen molar-refractivity contribution in [2.45, 2.75) is 6.43 Å². The number of alkyl halides is 2. The van der Waals surface area contributed by atoms with Crippen molar-refractivity contribution in [2.24, 2.45) is 0 Å². The van der Waals surface area contributed by atoms with Crippen LogP contribution in [0.4, 0.5) is 13.2 Å². The van der Waals surface area contributed by atoms with Crippen LogP contribution in [0.15, 0.2) is 6.07 Å². The van der Waals surface area contributed by atoms with E-state index in [1.807, 2.05) is 0 Å². The monoisotopic (exact) mass is 215 g/mol. The Morgan fingerprint density at radius 1 is 1.33 bits per heavy atom. The van der Waals surface area contributed by atoms with E-state index in [0.717, 1.165) is 0 Å². The molecule has 0 aliphatic heterocycles. The first kappa shape index (κ1) is 9.61. The van der Waals surface area contributed by atoms with Crippen molar-refractivity contribution in [3.63, 3.8) is 0 Å². The van der Waals surface area contributed by atoms with Crippen molar-refractivity contribution in [1.82, 2.24) is 4.98 Å². The molecule has 0 saturated carbocycles. The normalized spacial score (nSPS) is 10.8. The average Bonchev–Trinajstić information content (AvgIpc) is 1.82. The number of aromatic nitrogens is 1. The molecule has 1 heterocycles. The largest absolute Gasteiger partial charge is 0.268 e. The Morgan fingerprint density at radius 3 is 2.33 bits per heavy atom. The number of nitrogens with zero attached hydrogens (tertiary/aromatic N) is 1. The van der Waals surface area contributed by atoms with E-state index in [0.29, 0.717) is 6.07 Å². The van der Waals surface area contributed by atoms with Crippen molar-refractivity contribution >= 4 is 23.2 Å². The summed E-state index contributed by atoms with van der Waals surface area (Å²) in [4.78, 5) is 2.99. The summed E-state index contributed by atoms with van der Waals surface area (Å²) in [5.74, 6) is -0.977. The Bertz CT molecular complexity index is 280. The molecule has 0 N–H and O–H groups in total. The molecule has 0 radical (unpaired) electrons. The molecule has 0 aliphatic carbocycles. The summed E-state index contributed by atoms with van der Waals surface area (Å²) in [6.07, 6.45) is -2.85. The molecule has 0 spiro atoms. The SMILES string of the molecule is Fc1cc(Cl)c(C(F)F)c(Cl)n1. The van der Waals surface area contributed by atoms with Crippen LogP contribution >= 0.6 is 23.2 Å². The highest BCUT2D eigenvalue weighted by Crippen LogP contribution is 2.32. The van der Waals surface area contributed by atoms with Crippen LogP contribution in [0.3, 0.4) is 0 Å². The molecule has 0 amide bonds. The summed E-state index contributed by atoms with van der Waals surface area (Å²) in [5.41, 5.74) is -0.639. The van der Waals surface area contributed by atoms with E-state index < -0.39 is 28.1 Å². The quantitative estimate of drug-likeness (QED) is 0.655. The predicted octanol–water partition coefficient (Wildman–Crippen LogP) is 3.47. The molecule has 1 nitrogen and oxygen atoms in total. The standard InChI is InChI=1S/C6H2Cl2F3N/c7-2-1-3(9)12-5(8)4(2)6(10)11/h1,6H. The topological polar surface area (TPSA) is 12.9 Å². The summed E-state index contributed by atoms with van der Waals surface area (Å²) >= 11 is 10.5. The fraction of sp³-hybridized carbons (Fsp3) is 0.167. The lowest BCUT2D eigenvalue weighted by molar-refractivity contribution is 0.151. The van der Waals surface area contributed by atoms with Crippen molar-refractivity contribution in [2.75, 3.05) is 0 Å². The Kier molecular flexibility index (Phi) is 2.80. The molecule has 12 heavy (non-hydrogen) atoms. The molecule has 0 fully saturated rings. The summed E-state index contributed by atoms with van der Waals surface area (Å²) < 4.78 is 36.5. The highest BCUT2D eigenvalue weighted by Gasteiger charge is 2.18. The molecule has 0 atom stereocenters. The molecule has 1 rings (SSSR count). The van der Waals surface area contributed by atoms with Crippen LogP contribution in [-0.4, -0.2) is 4.98 Å². The van der Waals surface area contributed by atoms with Crippen LogP contribution in [0.25, 0.3) is 0 Å². The fourth-order valence-electron chi connectivity index (χ4n) is 0.661. The van der Waals surface area contributed by atoms with Gasteiger partial charge in [0, 0.05) is 6.07 Å². The highest BCUT2D eigenvalue weighted by atomic mass is 35.5. The smallest absolute Gasteiger partial charge is 0.207 e. The highest BCUT2D eigenvalue weighted by molar-refractivity contribution is 6.35. The van der Waals surface area contributed by atoms with Crippen LogP contribution < -0.4 is 0 Å². The van der Waals surface area contributed by atoms with Crippen LogP contribution in [0.1, 0.15) is 12.0 Å². The van der Waals surface area contributed by atoms with Gasteiger partial charge < -0.3 is 0 Å². The maximum atomic E-state index is 12.3. The van der Waals surface area contributed by atoms with Gasteiger partial charge in [-0.3, -0.25) is 0 Å². The number of halogens is 5. The van der Waals surface area contributed by atoms with E-state index in [9.17, 15) is 13.2 Å². The minimum atomic E-state index is -2.85. The molecule has 0 aromatic carbocycles. The summed E-state index contributed by atoms with van der Waals surface area (Å²) in [7, 11) is 0. The lowest BCUT2D eigenvalue weighted by atomic mass is 10.3. The molecule has 0 bridgehead atoms. The van der Waals surface area contributed by atoms with Gasteiger partial charge in [0.2, 0.25) is 5.95 Å². The second kappa shape index (κ2) is 3.49. The number of hydrogen-bond acceptors (Lipinski definition) is 1. The lowest BCUT2D eigenvalue weighted by Gasteiger charge is -2.03. The van der Waals surface area contributed by atoms with Gasteiger partial charge in [0.15, 0.2) is 0 Å². The van der Waals surface area contributed by atoms with Gasteiger partial charge in [0.05, 0.1) is 10.6 Å². The Hall–Kier alpha value is -0.480. The van der Waals surface area contributed by atoms with Gasteiger partial charge in [-0.25, -0.2) is 13.8 Å². The van der Waals surface area contributed by atoms with Crippen LogP contribution in [0.5, 0.6) is 0 Å². The van der Waals surface area contributed by atoms with Gasteiger partial charge in [-0.2, -0.15) is 4.39 Å². The van der Waals surface area contributed by atoms with E-state index in [1.165, 1.54) is 0 Å². The predicted molar refractivity (Wildman–Crippen MR) is 39.2 cm³/mol. The Morgan fingerprint density at radius 2 is 1.92 bits per heavy atom. The first-order valence-electron chi connectivity index (χ1n) is 2.82. The Balaban J connectivity index is 3.28. The van der Waals surface area contributed by atoms with E-state index in [2.05, 4.69) is 4.98 Å². The van der Waals surface area contributed by atoms with Crippen LogP contribution in [0.2, 0.25) is 10.2 Å². The molecular formula is C6H2Cl2F3N. The Labute approximate surface area is 76.1 Å². The minimum Gasteiger partial charge on any atom is -0.207 e. The van der Waals surface area contributed by atoms with Crippen LogP contribution in [0, 0.1) is 5.95 Å². The lowest BCUT2D eigenvalue weighted by Crippen LogP contribution is -1.93. The van der Waals surface area contributed by atoms with E-state index in [1.54, 1.807) is 0 Å². The number of hydrogen-bond donors (Lipinski definition) is 0. The van der Waals surface area contributed by atoms with Gasteiger partial charge in [0.1, 0.15) is 5.15 Å². The third-order valence-electron chi connectivity index (χ3n) is 1.15.